The molecule has 1 aliphatic rings. The first-order chi connectivity index (χ1) is 6.37. The topological polar surface area (TPSA) is 6.48 Å². The molecule has 0 N–H and O–H groups in total. The van der Waals surface area contributed by atoms with Crippen LogP contribution in [0.5, 0.6) is 0 Å². The molecule has 0 unspecified atom stereocenters. The summed E-state index contributed by atoms with van der Waals surface area (Å²) in [5.74, 6) is 0. The summed E-state index contributed by atoms with van der Waals surface area (Å²) in [6.07, 6.45) is -1.95. The number of hydrogen-bond donors (Lipinski definition) is 0. The van der Waals surface area contributed by atoms with Crippen LogP contribution < -0.4 is 0 Å². The Hall–Kier alpha value is -0.220. The molecule has 0 radical (unpaired) electrons. The van der Waals surface area contributed by atoms with Crippen LogP contribution in [0.25, 0.3) is 0 Å². The van der Waals surface area contributed by atoms with Crippen molar-refractivity contribution in [3.05, 3.63) is 0 Å². The Morgan fingerprint density at radius 1 is 0.929 bits per heavy atom. The summed E-state index contributed by atoms with van der Waals surface area (Å²) >= 11 is 0. The molecular weight excluding hydrogens is 186 g/mol. The van der Waals surface area contributed by atoms with Crippen molar-refractivity contribution >= 4 is 0 Å². The summed E-state index contributed by atoms with van der Waals surface area (Å²) in [6, 6.07) is -0.210. The quantitative estimate of drug-likeness (QED) is 0.640. The Labute approximate surface area is 84.9 Å². The first kappa shape index (κ1) is 11.9. The third kappa shape index (κ3) is 2.06. The van der Waals surface area contributed by atoms with Crippen molar-refractivity contribution in [2.45, 2.75) is 52.4 Å². The average molecular weight is 206 g/mol. The monoisotopic (exact) mass is 206 g/mol. The maximum absolute atomic E-state index is 13.9. The molecule has 1 rings (SSSR count). The third-order valence-corrected chi connectivity index (χ3v) is 2.74. The largest absolute Gasteiger partial charge is 0.369 e. The second-order valence-electron chi connectivity index (χ2n) is 4.44. The minimum atomic E-state index is -2.78. The van der Waals surface area contributed by atoms with Crippen LogP contribution in [-0.2, 0) is 0 Å². The smallest absolute Gasteiger partial charge is 0.228 e. The summed E-state index contributed by atoms with van der Waals surface area (Å²) < 4.78 is 27.8. The summed E-state index contributed by atoms with van der Waals surface area (Å²) in [5, 5.41) is 0. The molecule has 0 aliphatic carbocycles. The Morgan fingerprint density at radius 2 is 1.29 bits per heavy atom. The number of halogens is 2. The second-order valence-corrected chi connectivity index (χ2v) is 4.44. The summed E-state index contributed by atoms with van der Waals surface area (Å²) in [4.78, 5) is 2.55. The predicted molar refractivity (Wildman–Crippen MR) is 53.2 cm³/mol. The van der Waals surface area contributed by atoms with E-state index in [1.54, 1.807) is 0 Å². The Morgan fingerprint density at radius 3 is 1.57 bits per heavy atom. The van der Waals surface area contributed by atoms with E-state index in [1.165, 1.54) is 9.80 Å². The van der Waals surface area contributed by atoms with E-state index in [1.807, 2.05) is 27.7 Å². The normalized spacial score (nSPS) is 24.9. The van der Waals surface area contributed by atoms with Crippen LogP contribution in [0.15, 0.2) is 0 Å². The molecule has 0 saturated carbocycles. The van der Waals surface area contributed by atoms with E-state index >= 15 is 0 Å². The molecular formula is C10H20F2N2. The molecule has 4 heteroatoms. The van der Waals surface area contributed by atoms with Gasteiger partial charge in [-0.15, -0.1) is 0 Å². The summed E-state index contributed by atoms with van der Waals surface area (Å²) in [6.45, 7) is 8.26. The maximum atomic E-state index is 13.9. The van der Waals surface area contributed by atoms with Crippen molar-refractivity contribution in [2.24, 2.45) is 0 Å². The molecule has 1 aliphatic heterocycles. The molecule has 2 nitrogen and oxygen atoms in total. The zero-order valence-corrected chi connectivity index (χ0v) is 9.43. The van der Waals surface area contributed by atoms with Crippen molar-refractivity contribution in [3.63, 3.8) is 0 Å². The van der Waals surface area contributed by atoms with E-state index in [2.05, 4.69) is 0 Å². The summed E-state index contributed by atoms with van der Waals surface area (Å²) in [7, 11) is 0. The zero-order chi connectivity index (χ0) is 10.9. The minimum Gasteiger partial charge on any atom is -0.228 e. The first-order valence-electron chi connectivity index (χ1n) is 5.28. The standard InChI is InChI=1S/C10H20F2N2/c1-8(2)13-6-5-7-14(9(3)4)10(13,11)12/h8-9H,5-7H2,1-4H3. The fourth-order valence-corrected chi connectivity index (χ4v) is 1.98. The van der Waals surface area contributed by atoms with Crippen molar-refractivity contribution < 1.29 is 8.78 Å². The van der Waals surface area contributed by atoms with Gasteiger partial charge < -0.3 is 0 Å². The molecule has 1 fully saturated rings. The Bertz CT molecular complexity index is 175. The van der Waals surface area contributed by atoms with Crippen molar-refractivity contribution in [2.75, 3.05) is 13.1 Å². The lowest BCUT2D eigenvalue weighted by atomic mass is 10.2. The van der Waals surface area contributed by atoms with E-state index in [4.69, 9.17) is 0 Å². The number of hydrogen-bond acceptors (Lipinski definition) is 2. The molecule has 0 bridgehead atoms. The highest BCUT2D eigenvalue weighted by Gasteiger charge is 2.48. The molecule has 0 aromatic heterocycles. The highest BCUT2D eigenvalue weighted by atomic mass is 19.3. The van der Waals surface area contributed by atoms with Crippen LogP contribution in [0.4, 0.5) is 8.78 Å². The first-order valence-corrected chi connectivity index (χ1v) is 5.28. The van der Waals surface area contributed by atoms with Crippen molar-refractivity contribution in [3.8, 4) is 0 Å². The van der Waals surface area contributed by atoms with Gasteiger partial charge in [-0.3, -0.25) is 0 Å². The maximum Gasteiger partial charge on any atom is 0.369 e. The SMILES string of the molecule is CC(C)N1CCCN(C(C)C)C1(F)F. The van der Waals surface area contributed by atoms with E-state index in [-0.39, 0.29) is 12.1 Å². The van der Waals surface area contributed by atoms with E-state index in [9.17, 15) is 8.78 Å². The van der Waals surface area contributed by atoms with Crippen LogP contribution in [0.3, 0.4) is 0 Å². The van der Waals surface area contributed by atoms with Gasteiger partial charge in [0, 0.05) is 25.2 Å². The lowest BCUT2D eigenvalue weighted by Crippen LogP contribution is -2.63. The van der Waals surface area contributed by atoms with Gasteiger partial charge in [0.1, 0.15) is 0 Å². The minimum absolute atomic E-state index is 0.105. The van der Waals surface area contributed by atoms with Crippen LogP contribution >= 0.6 is 0 Å². The van der Waals surface area contributed by atoms with Crippen molar-refractivity contribution in [1.29, 1.82) is 0 Å². The molecule has 14 heavy (non-hydrogen) atoms. The van der Waals surface area contributed by atoms with Gasteiger partial charge in [-0.05, 0) is 34.1 Å². The molecule has 1 heterocycles. The highest BCUT2D eigenvalue weighted by molar-refractivity contribution is 4.82. The van der Waals surface area contributed by atoms with E-state index in [0.717, 1.165) is 6.42 Å². The molecule has 84 valence electrons. The second kappa shape index (κ2) is 4.11. The number of rotatable bonds is 2. The molecule has 0 amide bonds. The van der Waals surface area contributed by atoms with Gasteiger partial charge in [0.15, 0.2) is 0 Å². The molecule has 0 aromatic rings. The Balaban J connectivity index is 2.81. The zero-order valence-electron chi connectivity index (χ0n) is 9.43. The lowest BCUT2D eigenvalue weighted by Gasteiger charge is -2.46. The van der Waals surface area contributed by atoms with E-state index < -0.39 is 6.17 Å². The van der Waals surface area contributed by atoms with Crippen LogP contribution in [0, 0.1) is 0 Å². The number of alkyl halides is 2. The van der Waals surface area contributed by atoms with Gasteiger partial charge in [0.25, 0.3) is 0 Å². The molecule has 0 aromatic carbocycles. The number of nitrogens with zero attached hydrogens (tertiary/aromatic N) is 2. The molecule has 1 saturated heterocycles. The van der Waals surface area contributed by atoms with Crippen molar-refractivity contribution in [1.82, 2.24) is 9.80 Å². The van der Waals surface area contributed by atoms with Crippen LogP contribution in [0.2, 0.25) is 0 Å². The lowest BCUT2D eigenvalue weighted by molar-refractivity contribution is -0.286. The average Bonchev–Trinajstić information content (AvgIpc) is 2.01. The third-order valence-electron chi connectivity index (χ3n) is 2.74. The molecule has 0 atom stereocenters. The Kier molecular flexibility index (Phi) is 3.48. The van der Waals surface area contributed by atoms with Gasteiger partial charge in [0.05, 0.1) is 0 Å². The summed E-state index contributed by atoms with van der Waals surface area (Å²) in [5.41, 5.74) is 0. The fraction of sp³-hybridized carbons (Fsp3) is 1.00. The van der Waals surface area contributed by atoms with Gasteiger partial charge >= 0.3 is 6.17 Å². The van der Waals surface area contributed by atoms with Crippen LogP contribution in [-0.4, -0.2) is 41.1 Å². The van der Waals surface area contributed by atoms with Gasteiger partial charge in [0.2, 0.25) is 0 Å². The molecule has 0 spiro atoms. The van der Waals surface area contributed by atoms with Gasteiger partial charge in [-0.25, -0.2) is 9.80 Å². The predicted octanol–water partition coefficient (Wildman–Crippen LogP) is 2.36. The fourth-order valence-electron chi connectivity index (χ4n) is 1.98. The van der Waals surface area contributed by atoms with Gasteiger partial charge in [-0.1, -0.05) is 0 Å². The van der Waals surface area contributed by atoms with Gasteiger partial charge in [-0.2, -0.15) is 8.78 Å². The highest BCUT2D eigenvalue weighted by Crippen LogP contribution is 2.32. The van der Waals surface area contributed by atoms with Crippen LogP contribution in [0.1, 0.15) is 34.1 Å². The van der Waals surface area contributed by atoms with E-state index in [0.29, 0.717) is 13.1 Å².